The number of thioether (sulfide) groups is 1. The molecule has 4 aliphatic rings. The Labute approximate surface area is 298 Å². The molecule has 1 fully saturated rings. The third kappa shape index (κ3) is 6.16. The van der Waals surface area contributed by atoms with Crippen LogP contribution in [0, 0.1) is 13.8 Å². The summed E-state index contributed by atoms with van der Waals surface area (Å²) < 4.78 is 23.4. The number of methoxy groups -OCH3 is 1. The number of esters is 1. The second kappa shape index (κ2) is 14.1. The number of phenols is 1. The lowest BCUT2D eigenvalue weighted by Gasteiger charge is -2.61. The zero-order valence-electron chi connectivity index (χ0n) is 29.2. The molecule has 4 aliphatic heterocycles. The van der Waals surface area contributed by atoms with Crippen molar-refractivity contribution in [2.45, 2.75) is 88.6 Å². The van der Waals surface area contributed by atoms with Gasteiger partial charge in [0.25, 0.3) is 0 Å². The summed E-state index contributed by atoms with van der Waals surface area (Å²) in [6.45, 7) is 5.55. The molecule has 1 amide bonds. The molecule has 5 N–H and O–H groups in total. The number of benzene rings is 2. The fourth-order valence-corrected chi connectivity index (χ4v) is 9.82. The predicted molar refractivity (Wildman–Crippen MR) is 182 cm³/mol. The first-order chi connectivity index (χ1) is 24.2. The summed E-state index contributed by atoms with van der Waals surface area (Å²) >= 11 is 1.27. The number of phenolic OH excluding ortho intramolecular Hbond substituents is 1. The maximum absolute atomic E-state index is 12.9. The molecule has 6 rings (SSSR count). The monoisotopic (exact) mass is 729 g/mol. The molecule has 276 valence electrons. The second-order valence-corrected chi connectivity index (χ2v) is 14.6. The Kier molecular flexibility index (Phi) is 10.2. The van der Waals surface area contributed by atoms with Gasteiger partial charge in [-0.1, -0.05) is 6.07 Å². The summed E-state index contributed by atoms with van der Waals surface area (Å²) in [4.78, 5) is 53.2. The van der Waals surface area contributed by atoms with Crippen molar-refractivity contribution in [3.05, 3.63) is 39.4 Å². The van der Waals surface area contributed by atoms with Crippen LogP contribution in [-0.2, 0) is 25.6 Å². The Bertz CT molecular complexity index is 1790. The van der Waals surface area contributed by atoms with Crippen molar-refractivity contribution in [1.29, 1.82) is 0 Å². The van der Waals surface area contributed by atoms with Crippen LogP contribution in [0.5, 0.6) is 28.7 Å². The van der Waals surface area contributed by atoms with Crippen molar-refractivity contribution < 1.29 is 58.6 Å². The maximum atomic E-state index is 12.9. The largest absolute Gasteiger partial charge is 0.504 e. The number of aliphatic hydroxyl groups excluding tert-OH is 2. The smallest absolute Gasteiger partial charge is 0.308 e. The number of rotatable bonds is 11. The van der Waals surface area contributed by atoms with Crippen LogP contribution >= 0.6 is 11.8 Å². The molecule has 1 saturated heterocycles. The normalized spacial score (nSPS) is 25.3. The lowest BCUT2D eigenvalue weighted by Crippen LogP contribution is -2.69. The quantitative estimate of drug-likeness (QED) is 0.166. The molecule has 51 heavy (non-hydrogen) atoms. The number of carboxylic acids is 1. The average Bonchev–Trinajstić information content (AvgIpc) is 3.56. The number of hydrogen-bond donors (Lipinski definition) is 5. The third-order valence-corrected chi connectivity index (χ3v) is 11.8. The first-order valence-electron chi connectivity index (χ1n) is 16.7. The molecule has 0 saturated carbocycles. The van der Waals surface area contributed by atoms with E-state index in [0.29, 0.717) is 45.9 Å². The molecule has 2 unspecified atom stereocenters. The number of aromatic hydroxyl groups is 1. The van der Waals surface area contributed by atoms with Crippen LogP contribution < -0.4 is 24.3 Å². The molecule has 16 heteroatoms. The number of Topliss-reactive ketones (excluding diaryl/α,β-unsaturated/α-hetero) is 1. The van der Waals surface area contributed by atoms with Gasteiger partial charge in [0.05, 0.1) is 49.6 Å². The highest BCUT2D eigenvalue weighted by molar-refractivity contribution is 7.99. The van der Waals surface area contributed by atoms with Gasteiger partial charge in [0.1, 0.15) is 12.0 Å². The minimum Gasteiger partial charge on any atom is -0.504 e. The van der Waals surface area contributed by atoms with Crippen LogP contribution in [0.1, 0.15) is 77.4 Å². The van der Waals surface area contributed by atoms with Crippen LogP contribution in [0.15, 0.2) is 6.07 Å². The van der Waals surface area contributed by atoms with E-state index >= 15 is 0 Å². The van der Waals surface area contributed by atoms with E-state index < -0.39 is 72.6 Å². The van der Waals surface area contributed by atoms with Gasteiger partial charge in [-0.25, -0.2) is 0 Å². The van der Waals surface area contributed by atoms with E-state index in [4.69, 9.17) is 24.1 Å². The van der Waals surface area contributed by atoms with Gasteiger partial charge in [-0.15, -0.1) is 11.8 Å². The Morgan fingerprint density at radius 3 is 2.41 bits per heavy atom. The fourth-order valence-electron chi connectivity index (χ4n) is 8.21. The topological polar surface area (TPSA) is 205 Å². The van der Waals surface area contributed by atoms with Crippen LogP contribution in [0.4, 0.5) is 0 Å². The van der Waals surface area contributed by atoms with E-state index in [0.717, 1.165) is 11.1 Å². The highest BCUT2D eigenvalue weighted by atomic mass is 32.2. The van der Waals surface area contributed by atoms with Crippen molar-refractivity contribution in [2.75, 3.05) is 33.3 Å². The lowest BCUT2D eigenvalue weighted by molar-refractivity contribution is -0.178. The Morgan fingerprint density at radius 1 is 1.08 bits per heavy atom. The standard InChI is InChI=1S/C35H43N3O12S/c1-14-9-18-10-20-35(46)38-21(11-39)25-26(31(50-17(4)41)15(2)32-33(25)49-13-48-32)34(28(38)27(37(20)5)24(18)29(45)30(14)47-6)51-12-19(16(3)40)36-22(42)7-8-23(43)44/h9,19-21,27-28,34-35,39,45-46H,7-8,10-13H2,1-6H3,(H,36,42)(H,43,44)/t19-,20-,21-,27+,28?,34+,35?/m0/s1. The minimum absolute atomic E-state index is 0.00536. The van der Waals surface area contributed by atoms with Crippen molar-refractivity contribution in [1.82, 2.24) is 15.1 Å². The molecule has 4 heterocycles. The first kappa shape index (κ1) is 36.7. The maximum Gasteiger partial charge on any atom is 0.308 e. The van der Waals surface area contributed by atoms with Crippen LogP contribution in [0.25, 0.3) is 0 Å². The molecule has 7 atom stereocenters. The summed E-state index contributed by atoms with van der Waals surface area (Å²) in [5, 5.41) is 46.2. The van der Waals surface area contributed by atoms with Crippen molar-refractivity contribution in [3.8, 4) is 28.7 Å². The highest BCUT2D eigenvalue weighted by Gasteiger charge is 2.59. The minimum atomic E-state index is -1.15. The molecule has 2 aromatic carbocycles. The number of piperazine rings is 1. The van der Waals surface area contributed by atoms with Gasteiger partial charge >= 0.3 is 11.9 Å². The number of hydrogen-bond acceptors (Lipinski definition) is 14. The number of ether oxygens (including phenoxy) is 4. The number of carbonyl (C=O) groups excluding carboxylic acids is 3. The lowest BCUT2D eigenvalue weighted by atomic mass is 9.73. The van der Waals surface area contributed by atoms with Crippen molar-refractivity contribution >= 4 is 35.4 Å². The van der Waals surface area contributed by atoms with E-state index in [9.17, 15) is 34.5 Å². The summed E-state index contributed by atoms with van der Waals surface area (Å²) in [5.41, 5.74) is 3.55. The zero-order valence-corrected chi connectivity index (χ0v) is 30.0. The van der Waals surface area contributed by atoms with Gasteiger partial charge in [-0.2, -0.15) is 0 Å². The number of ketones is 1. The predicted octanol–water partition coefficient (Wildman–Crippen LogP) is 2.03. The molecule has 0 radical (unpaired) electrons. The number of nitrogens with zero attached hydrogens (tertiary/aromatic N) is 2. The number of aliphatic carboxylic acids is 1. The number of aliphatic hydroxyl groups is 2. The van der Waals surface area contributed by atoms with E-state index in [-0.39, 0.29) is 36.2 Å². The molecule has 0 spiro atoms. The zero-order chi connectivity index (χ0) is 37.0. The van der Waals surface area contributed by atoms with Crippen LogP contribution in [0.3, 0.4) is 0 Å². The Balaban J connectivity index is 1.58. The number of likely N-dealkylation sites (N-methyl/N-ethyl adjacent to an activating group) is 1. The molecule has 0 aliphatic carbocycles. The SMILES string of the molecule is COc1c(C)cc2c(c1O)[C@@H]1C3[C@H](SC[C@H](NC(=O)CCC(=O)O)C(C)=O)c4c(OC(C)=O)c(C)c5c(c4[C@H](CO)N3C(O)[C@H](C2)N1C)OCO5. The van der Waals surface area contributed by atoms with Gasteiger partial charge in [0.15, 0.2) is 28.8 Å². The number of carbonyl (C=O) groups is 4. The number of carboxylic acid groups (broad SMARTS) is 1. The number of fused-ring (bicyclic) bond motifs is 9. The van der Waals surface area contributed by atoms with Gasteiger partial charge in [-0.3, -0.25) is 29.0 Å². The van der Waals surface area contributed by atoms with Gasteiger partial charge in [0.2, 0.25) is 12.7 Å². The van der Waals surface area contributed by atoms with E-state index in [1.807, 2.05) is 29.8 Å². The summed E-state index contributed by atoms with van der Waals surface area (Å²) in [6.07, 6.45) is -1.48. The van der Waals surface area contributed by atoms with Crippen molar-refractivity contribution in [2.24, 2.45) is 0 Å². The molecule has 15 nitrogen and oxygen atoms in total. The Hall–Kier alpha value is -4.09. The summed E-state index contributed by atoms with van der Waals surface area (Å²) in [5.74, 6) is -1.61. The van der Waals surface area contributed by atoms with Crippen LogP contribution in [-0.4, -0.2) is 112 Å². The fraction of sp³-hybridized carbons (Fsp3) is 0.543. The molecule has 2 aromatic rings. The van der Waals surface area contributed by atoms with E-state index in [1.165, 1.54) is 32.7 Å². The molecule has 2 bridgehead atoms. The molecular weight excluding hydrogens is 686 g/mol. The van der Waals surface area contributed by atoms with E-state index in [1.54, 1.807) is 6.92 Å². The van der Waals surface area contributed by atoms with Gasteiger partial charge < -0.3 is 44.7 Å². The summed E-state index contributed by atoms with van der Waals surface area (Å²) in [6, 6.07) is -1.78. The second-order valence-electron chi connectivity index (χ2n) is 13.4. The molecule has 0 aromatic heterocycles. The first-order valence-corrected chi connectivity index (χ1v) is 17.7. The van der Waals surface area contributed by atoms with Crippen molar-refractivity contribution in [3.63, 3.8) is 0 Å². The van der Waals surface area contributed by atoms with Gasteiger partial charge in [-0.05, 0) is 45.4 Å². The number of amides is 1. The number of aryl methyl sites for hydroxylation is 1. The number of nitrogens with one attached hydrogen (secondary N) is 1. The van der Waals surface area contributed by atoms with Crippen LogP contribution in [0.2, 0.25) is 0 Å². The third-order valence-electron chi connectivity index (χ3n) is 10.4. The summed E-state index contributed by atoms with van der Waals surface area (Å²) in [7, 11) is 3.33. The average molecular weight is 730 g/mol. The van der Waals surface area contributed by atoms with Gasteiger partial charge in [0, 0.05) is 47.4 Å². The van der Waals surface area contributed by atoms with E-state index in [2.05, 4.69) is 5.32 Å². The Morgan fingerprint density at radius 2 is 1.78 bits per heavy atom. The molecular formula is C35H43N3O12S. The highest BCUT2D eigenvalue weighted by Crippen LogP contribution is 2.63.